The lowest BCUT2D eigenvalue weighted by Gasteiger charge is -1.96. The summed E-state index contributed by atoms with van der Waals surface area (Å²) in [5.74, 6) is 0.107. The van der Waals surface area contributed by atoms with Crippen molar-refractivity contribution >= 4 is 0 Å². The van der Waals surface area contributed by atoms with Crippen LogP contribution in [0.5, 0.6) is 0 Å². The molecule has 4 nitrogen and oxygen atoms in total. The van der Waals surface area contributed by atoms with Crippen molar-refractivity contribution in [3.63, 3.8) is 0 Å². The van der Waals surface area contributed by atoms with Gasteiger partial charge in [-0.05, 0) is 12.1 Å². The molecule has 72 valence electrons. The third-order valence-corrected chi connectivity index (χ3v) is 1.82. The van der Waals surface area contributed by atoms with E-state index < -0.39 is 0 Å². The molecule has 2 heterocycles. The first-order valence-corrected chi connectivity index (χ1v) is 4.07. The van der Waals surface area contributed by atoms with Crippen LogP contribution in [0.1, 0.15) is 5.56 Å². The van der Waals surface area contributed by atoms with Gasteiger partial charge in [-0.25, -0.2) is 9.37 Å². The highest BCUT2D eigenvalue weighted by atomic mass is 19.1. The number of rotatable bonds is 2. The highest BCUT2D eigenvalue weighted by molar-refractivity contribution is 5.55. The Bertz CT molecular complexity index is 424. The summed E-state index contributed by atoms with van der Waals surface area (Å²) in [5, 5.41) is 3.60. The van der Waals surface area contributed by atoms with Crippen LogP contribution in [0.2, 0.25) is 0 Å². The number of aromatic nitrogens is 2. The number of hydrogen-bond donors (Lipinski definition) is 1. The molecule has 14 heavy (non-hydrogen) atoms. The largest absolute Gasteiger partial charge is 0.354 e. The molecule has 2 rings (SSSR count). The van der Waals surface area contributed by atoms with Gasteiger partial charge in [0.15, 0.2) is 5.76 Å². The monoisotopic (exact) mass is 193 g/mol. The van der Waals surface area contributed by atoms with Crippen LogP contribution < -0.4 is 5.73 Å². The highest BCUT2D eigenvalue weighted by Gasteiger charge is 2.10. The zero-order chi connectivity index (χ0) is 9.97. The molecular formula is C9H8FN3O. The molecular weight excluding hydrogens is 185 g/mol. The molecule has 0 amide bonds. The second kappa shape index (κ2) is 3.55. The lowest BCUT2D eigenvalue weighted by atomic mass is 10.2. The Kier molecular flexibility index (Phi) is 2.24. The highest BCUT2D eigenvalue weighted by Crippen LogP contribution is 2.20. The van der Waals surface area contributed by atoms with Gasteiger partial charge in [0.05, 0.1) is 12.4 Å². The standard InChI is InChI=1S/C9H8FN3O/c10-7-1-2-8(12-5-7)9-6(3-11)4-13-14-9/h1-2,4-5H,3,11H2. The van der Waals surface area contributed by atoms with Crippen molar-refractivity contribution in [1.29, 1.82) is 0 Å². The van der Waals surface area contributed by atoms with Gasteiger partial charge in [-0.2, -0.15) is 0 Å². The van der Waals surface area contributed by atoms with Crippen molar-refractivity contribution in [1.82, 2.24) is 10.1 Å². The summed E-state index contributed by atoms with van der Waals surface area (Å²) in [6, 6.07) is 2.83. The maximum absolute atomic E-state index is 12.6. The fraction of sp³-hybridized carbons (Fsp3) is 0.111. The molecule has 0 fully saturated rings. The molecule has 0 spiro atoms. The van der Waals surface area contributed by atoms with Gasteiger partial charge in [0.25, 0.3) is 0 Å². The maximum Gasteiger partial charge on any atom is 0.189 e. The van der Waals surface area contributed by atoms with E-state index in [1.165, 1.54) is 18.3 Å². The van der Waals surface area contributed by atoms with Crippen molar-refractivity contribution < 1.29 is 8.91 Å². The van der Waals surface area contributed by atoms with Gasteiger partial charge in [0.2, 0.25) is 0 Å². The molecule has 0 aliphatic rings. The molecule has 5 heteroatoms. The quantitative estimate of drug-likeness (QED) is 0.781. The van der Waals surface area contributed by atoms with Crippen LogP contribution in [0.4, 0.5) is 4.39 Å². The second-order valence-corrected chi connectivity index (χ2v) is 2.75. The Hall–Kier alpha value is -1.75. The lowest BCUT2D eigenvalue weighted by molar-refractivity contribution is 0.430. The molecule has 0 radical (unpaired) electrons. The molecule has 2 aromatic rings. The summed E-state index contributed by atoms with van der Waals surface area (Å²) in [6.07, 6.45) is 2.65. The fourth-order valence-electron chi connectivity index (χ4n) is 1.13. The van der Waals surface area contributed by atoms with Crippen molar-refractivity contribution in [2.45, 2.75) is 6.54 Å². The molecule has 0 aliphatic carbocycles. The Labute approximate surface area is 79.5 Å². The van der Waals surface area contributed by atoms with Crippen LogP contribution in [0.25, 0.3) is 11.5 Å². The summed E-state index contributed by atoms with van der Waals surface area (Å²) < 4.78 is 17.5. The topological polar surface area (TPSA) is 64.9 Å². The van der Waals surface area contributed by atoms with Crippen LogP contribution in [-0.2, 0) is 6.54 Å². The molecule has 0 aromatic carbocycles. The maximum atomic E-state index is 12.6. The average molecular weight is 193 g/mol. The first kappa shape index (κ1) is 8.83. The zero-order valence-electron chi connectivity index (χ0n) is 7.27. The Morgan fingerprint density at radius 3 is 2.86 bits per heavy atom. The average Bonchev–Trinajstić information content (AvgIpc) is 2.67. The second-order valence-electron chi connectivity index (χ2n) is 2.75. The number of nitrogens with two attached hydrogens (primary N) is 1. The Morgan fingerprint density at radius 1 is 1.36 bits per heavy atom. The molecule has 0 saturated carbocycles. The zero-order valence-corrected chi connectivity index (χ0v) is 7.27. The molecule has 2 aromatic heterocycles. The van der Waals surface area contributed by atoms with E-state index in [0.29, 0.717) is 18.0 Å². The molecule has 0 atom stereocenters. The van der Waals surface area contributed by atoms with Crippen LogP contribution in [0, 0.1) is 5.82 Å². The number of nitrogens with zero attached hydrogens (tertiary/aromatic N) is 2. The van der Waals surface area contributed by atoms with Gasteiger partial charge in [-0.1, -0.05) is 5.16 Å². The van der Waals surface area contributed by atoms with E-state index in [1.54, 1.807) is 0 Å². The normalized spacial score (nSPS) is 10.4. The van der Waals surface area contributed by atoms with E-state index >= 15 is 0 Å². The van der Waals surface area contributed by atoms with E-state index in [2.05, 4.69) is 10.1 Å². The Morgan fingerprint density at radius 2 is 2.21 bits per heavy atom. The minimum atomic E-state index is -0.387. The predicted molar refractivity (Wildman–Crippen MR) is 47.6 cm³/mol. The number of halogens is 1. The summed E-state index contributed by atoms with van der Waals surface area (Å²) in [7, 11) is 0. The molecule has 0 unspecified atom stereocenters. The third-order valence-electron chi connectivity index (χ3n) is 1.82. The van der Waals surface area contributed by atoms with Crippen molar-refractivity contribution in [3.05, 3.63) is 35.9 Å². The van der Waals surface area contributed by atoms with Crippen molar-refractivity contribution in [3.8, 4) is 11.5 Å². The van der Waals surface area contributed by atoms with Gasteiger partial charge in [0.1, 0.15) is 11.5 Å². The number of hydrogen-bond acceptors (Lipinski definition) is 4. The van der Waals surface area contributed by atoms with E-state index in [-0.39, 0.29) is 5.82 Å². The molecule has 2 N–H and O–H groups in total. The van der Waals surface area contributed by atoms with E-state index in [9.17, 15) is 4.39 Å². The summed E-state index contributed by atoms with van der Waals surface area (Å²) in [6.45, 7) is 0.317. The minimum Gasteiger partial charge on any atom is -0.354 e. The first-order chi connectivity index (χ1) is 6.81. The van der Waals surface area contributed by atoms with Gasteiger partial charge >= 0.3 is 0 Å². The SMILES string of the molecule is NCc1cnoc1-c1ccc(F)cn1. The summed E-state index contributed by atoms with van der Waals surface area (Å²) in [4.78, 5) is 3.87. The van der Waals surface area contributed by atoms with Gasteiger partial charge in [-0.15, -0.1) is 0 Å². The summed E-state index contributed by atoms with van der Waals surface area (Å²) >= 11 is 0. The third kappa shape index (κ3) is 1.49. The molecule has 0 saturated heterocycles. The number of pyridine rings is 1. The van der Waals surface area contributed by atoms with Gasteiger partial charge < -0.3 is 10.3 Å². The first-order valence-electron chi connectivity index (χ1n) is 4.07. The summed E-state index contributed by atoms with van der Waals surface area (Å²) in [5.41, 5.74) is 6.75. The van der Waals surface area contributed by atoms with Crippen LogP contribution in [-0.4, -0.2) is 10.1 Å². The van der Waals surface area contributed by atoms with Crippen LogP contribution in [0.3, 0.4) is 0 Å². The predicted octanol–water partition coefficient (Wildman–Crippen LogP) is 1.33. The van der Waals surface area contributed by atoms with Gasteiger partial charge in [0, 0.05) is 12.1 Å². The lowest BCUT2D eigenvalue weighted by Crippen LogP contribution is -1.96. The minimum absolute atomic E-state index is 0.317. The van der Waals surface area contributed by atoms with E-state index in [4.69, 9.17) is 10.3 Å². The Balaban J connectivity index is 2.44. The van der Waals surface area contributed by atoms with Crippen molar-refractivity contribution in [2.24, 2.45) is 5.73 Å². The molecule has 0 aliphatic heterocycles. The van der Waals surface area contributed by atoms with E-state index in [0.717, 1.165) is 11.8 Å². The fourth-order valence-corrected chi connectivity index (χ4v) is 1.13. The van der Waals surface area contributed by atoms with E-state index in [1.807, 2.05) is 0 Å². The van der Waals surface area contributed by atoms with Crippen molar-refractivity contribution in [2.75, 3.05) is 0 Å². The van der Waals surface area contributed by atoms with Crippen LogP contribution in [0.15, 0.2) is 29.0 Å². The van der Waals surface area contributed by atoms with Gasteiger partial charge in [-0.3, -0.25) is 0 Å². The smallest absolute Gasteiger partial charge is 0.189 e. The van der Waals surface area contributed by atoms with Crippen LogP contribution >= 0.6 is 0 Å². The molecule has 0 bridgehead atoms.